The van der Waals surface area contributed by atoms with Gasteiger partial charge in [-0.15, -0.1) is 0 Å². The number of aryl methyl sites for hydroxylation is 1. The van der Waals surface area contributed by atoms with E-state index in [1.807, 2.05) is 17.9 Å². The maximum absolute atomic E-state index is 12.6. The number of rotatable bonds is 4. The standard InChI is InChI=1S/C16H23N3O3/c1-11-7-13(17-22-11)10-18(2)16(21)12-8-15(20)19(9-12)14-5-3-4-6-14/h7,12,14H,3-6,8-10H2,1-2H3/t12-/m0/s1. The van der Waals surface area contributed by atoms with E-state index in [1.54, 1.807) is 11.9 Å². The maximum atomic E-state index is 12.6. The molecule has 1 aliphatic carbocycles. The molecule has 1 saturated heterocycles. The van der Waals surface area contributed by atoms with E-state index in [4.69, 9.17) is 4.52 Å². The zero-order valence-electron chi connectivity index (χ0n) is 13.2. The first-order chi connectivity index (χ1) is 10.5. The second-order valence-corrected chi connectivity index (χ2v) is 6.51. The van der Waals surface area contributed by atoms with Gasteiger partial charge in [0.1, 0.15) is 11.5 Å². The van der Waals surface area contributed by atoms with Crippen LogP contribution < -0.4 is 0 Å². The third kappa shape index (κ3) is 3.00. The van der Waals surface area contributed by atoms with E-state index in [0.29, 0.717) is 25.6 Å². The lowest BCUT2D eigenvalue weighted by atomic mass is 10.1. The van der Waals surface area contributed by atoms with Gasteiger partial charge in [0.05, 0.1) is 12.5 Å². The van der Waals surface area contributed by atoms with Crippen molar-refractivity contribution in [2.45, 2.75) is 51.6 Å². The van der Waals surface area contributed by atoms with Crippen LogP contribution in [0, 0.1) is 12.8 Å². The molecule has 1 saturated carbocycles. The Morgan fingerprint density at radius 3 is 2.82 bits per heavy atom. The van der Waals surface area contributed by atoms with Gasteiger partial charge in [-0.25, -0.2) is 0 Å². The number of aromatic nitrogens is 1. The fraction of sp³-hybridized carbons (Fsp3) is 0.688. The predicted molar refractivity (Wildman–Crippen MR) is 79.8 cm³/mol. The highest BCUT2D eigenvalue weighted by atomic mass is 16.5. The van der Waals surface area contributed by atoms with Gasteiger partial charge in [0.15, 0.2) is 0 Å². The minimum absolute atomic E-state index is 0.0227. The molecule has 0 spiro atoms. The Morgan fingerprint density at radius 1 is 1.45 bits per heavy atom. The topological polar surface area (TPSA) is 66.7 Å². The molecule has 0 unspecified atom stereocenters. The minimum Gasteiger partial charge on any atom is -0.361 e. The molecule has 1 atom stereocenters. The van der Waals surface area contributed by atoms with E-state index in [1.165, 1.54) is 12.8 Å². The lowest BCUT2D eigenvalue weighted by molar-refractivity contribution is -0.135. The van der Waals surface area contributed by atoms with E-state index >= 15 is 0 Å². The highest BCUT2D eigenvalue weighted by molar-refractivity contribution is 5.89. The van der Waals surface area contributed by atoms with Crippen molar-refractivity contribution < 1.29 is 14.1 Å². The zero-order valence-corrected chi connectivity index (χ0v) is 13.2. The van der Waals surface area contributed by atoms with Crippen molar-refractivity contribution in [1.82, 2.24) is 15.0 Å². The van der Waals surface area contributed by atoms with Crippen LogP contribution in [0.15, 0.2) is 10.6 Å². The Hall–Kier alpha value is -1.85. The van der Waals surface area contributed by atoms with Gasteiger partial charge in [0.25, 0.3) is 0 Å². The van der Waals surface area contributed by atoms with Gasteiger partial charge in [0.2, 0.25) is 11.8 Å². The summed E-state index contributed by atoms with van der Waals surface area (Å²) in [7, 11) is 1.76. The average Bonchev–Trinajstić information content (AvgIpc) is 3.19. The summed E-state index contributed by atoms with van der Waals surface area (Å²) >= 11 is 0. The molecule has 120 valence electrons. The molecule has 0 radical (unpaired) electrons. The predicted octanol–water partition coefficient (Wildman–Crippen LogP) is 1.73. The van der Waals surface area contributed by atoms with Crippen molar-refractivity contribution >= 4 is 11.8 Å². The molecular weight excluding hydrogens is 282 g/mol. The average molecular weight is 305 g/mol. The van der Waals surface area contributed by atoms with Gasteiger partial charge in [-0.05, 0) is 19.8 Å². The minimum atomic E-state index is -0.217. The highest BCUT2D eigenvalue weighted by Gasteiger charge is 2.39. The van der Waals surface area contributed by atoms with Crippen molar-refractivity contribution in [2.75, 3.05) is 13.6 Å². The van der Waals surface area contributed by atoms with Crippen LogP contribution in [0.25, 0.3) is 0 Å². The molecule has 0 N–H and O–H groups in total. The molecule has 1 aliphatic heterocycles. The largest absolute Gasteiger partial charge is 0.361 e. The molecule has 0 bridgehead atoms. The third-order valence-electron chi connectivity index (χ3n) is 4.73. The van der Waals surface area contributed by atoms with Crippen LogP contribution in [0.1, 0.15) is 43.6 Å². The Bertz CT molecular complexity index is 563. The summed E-state index contributed by atoms with van der Waals surface area (Å²) in [6.07, 6.45) is 4.90. The lowest BCUT2D eigenvalue weighted by Crippen LogP contribution is -2.37. The summed E-state index contributed by atoms with van der Waals surface area (Å²) in [4.78, 5) is 28.3. The van der Waals surface area contributed by atoms with Crippen LogP contribution in [0.2, 0.25) is 0 Å². The van der Waals surface area contributed by atoms with Gasteiger partial charge < -0.3 is 14.3 Å². The summed E-state index contributed by atoms with van der Waals surface area (Å²) in [6.45, 7) is 2.82. The molecule has 2 fully saturated rings. The number of likely N-dealkylation sites (tertiary alicyclic amines) is 1. The van der Waals surface area contributed by atoms with Crippen LogP contribution in [0.5, 0.6) is 0 Å². The first-order valence-corrected chi connectivity index (χ1v) is 8.01. The molecular formula is C16H23N3O3. The van der Waals surface area contributed by atoms with Gasteiger partial charge in [-0.3, -0.25) is 9.59 Å². The van der Waals surface area contributed by atoms with Crippen molar-refractivity contribution in [3.05, 3.63) is 17.5 Å². The lowest BCUT2D eigenvalue weighted by Gasteiger charge is -2.25. The molecule has 2 aliphatic rings. The second-order valence-electron chi connectivity index (χ2n) is 6.51. The first kappa shape index (κ1) is 15.1. The number of hydrogen-bond donors (Lipinski definition) is 0. The van der Waals surface area contributed by atoms with Gasteiger partial charge in [0, 0.05) is 32.1 Å². The van der Waals surface area contributed by atoms with E-state index in [-0.39, 0.29) is 17.7 Å². The Labute approximate surface area is 130 Å². The molecule has 2 heterocycles. The molecule has 6 heteroatoms. The zero-order chi connectivity index (χ0) is 15.7. The number of carbonyl (C=O) groups excluding carboxylic acids is 2. The number of amides is 2. The summed E-state index contributed by atoms with van der Waals surface area (Å²) < 4.78 is 5.02. The summed E-state index contributed by atoms with van der Waals surface area (Å²) in [5.41, 5.74) is 0.741. The van der Waals surface area contributed by atoms with Gasteiger partial charge in [-0.2, -0.15) is 0 Å². The van der Waals surface area contributed by atoms with Crippen LogP contribution in [-0.4, -0.2) is 46.4 Å². The Balaban J connectivity index is 1.59. The Morgan fingerprint density at radius 2 is 2.18 bits per heavy atom. The van der Waals surface area contributed by atoms with Crippen LogP contribution >= 0.6 is 0 Å². The molecule has 6 nitrogen and oxygen atoms in total. The fourth-order valence-electron chi connectivity index (χ4n) is 3.59. The second kappa shape index (κ2) is 6.10. The summed E-state index contributed by atoms with van der Waals surface area (Å²) in [5.74, 6) is 0.677. The van der Waals surface area contributed by atoms with E-state index < -0.39 is 0 Å². The van der Waals surface area contributed by atoms with Crippen molar-refractivity contribution in [3.63, 3.8) is 0 Å². The van der Waals surface area contributed by atoms with E-state index in [9.17, 15) is 9.59 Å². The Kier molecular flexibility index (Phi) is 4.18. The smallest absolute Gasteiger partial charge is 0.228 e. The maximum Gasteiger partial charge on any atom is 0.228 e. The van der Waals surface area contributed by atoms with E-state index in [0.717, 1.165) is 24.3 Å². The normalized spacial score (nSPS) is 22.5. The van der Waals surface area contributed by atoms with Gasteiger partial charge in [-0.1, -0.05) is 18.0 Å². The van der Waals surface area contributed by atoms with E-state index in [2.05, 4.69) is 5.16 Å². The van der Waals surface area contributed by atoms with Crippen LogP contribution in [-0.2, 0) is 16.1 Å². The molecule has 1 aromatic heterocycles. The van der Waals surface area contributed by atoms with Crippen molar-refractivity contribution in [1.29, 1.82) is 0 Å². The van der Waals surface area contributed by atoms with Crippen LogP contribution in [0.4, 0.5) is 0 Å². The third-order valence-corrected chi connectivity index (χ3v) is 4.73. The SMILES string of the molecule is Cc1cc(CN(C)C(=O)[C@H]2CC(=O)N(C3CCCC3)C2)no1. The molecule has 22 heavy (non-hydrogen) atoms. The molecule has 1 aromatic rings. The van der Waals surface area contributed by atoms with Crippen molar-refractivity contribution in [3.8, 4) is 0 Å². The molecule has 3 rings (SSSR count). The highest BCUT2D eigenvalue weighted by Crippen LogP contribution is 2.30. The van der Waals surface area contributed by atoms with Gasteiger partial charge >= 0.3 is 0 Å². The molecule has 0 aromatic carbocycles. The van der Waals surface area contributed by atoms with Crippen molar-refractivity contribution in [2.24, 2.45) is 5.92 Å². The molecule has 2 amide bonds. The first-order valence-electron chi connectivity index (χ1n) is 8.01. The quantitative estimate of drug-likeness (QED) is 0.849. The summed E-state index contributed by atoms with van der Waals surface area (Å²) in [5, 5.41) is 3.91. The number of hydrogen-bond acceptors (Lipinski definition) is 4. The van der Waals surface area contributed by atoms with Crippen LogP contribution in [0.3, 0.4) is 0 Å². The fourth-order valence-corrected chi connectivity index (χ4v) is 3.59. The monoisotopic (exact) mass is 305 g/mol. The number of carbonyl (C=O) groups is 2. The summed E-state index contributed by atoms with van der Waals surface area (Å²) in [6, 6.07) is 2.18. The number of nitrogens with zero attached hydrogens (tertiary/aromatic N) is 3.